The second-order valence-corrected chi connectivity index (χ2v) is 7.95. The molecular formula is C16H10ClF4N3O4S. The number of hydrogen-bond donors (Lipinski definition) is 2. The highest BCUT2D eigenvalue weighted by molar-refractivity contribution is 7.89. The largest absolute Gasteiger partial charge is 0.435 e. The van der Waals surface area contributed by atoms with Crippen molar-refractivity contribution in [3.63, 3.8) is 0 Å². The van der Waals surface area contributed by atoms with E-state index in [0.29, 0.717) is 0 Å². The summed E-state index contributed by atoms with van der Waals surface area (Å²) in [7, 11) is -4.96. The summed E-state index contributed by atoms with van der Waals surface area (Å²) >= 11 is 5.63. The number of anilines is 1. The zero-order valence-electron chi connectivity index (χ0n) is 14.0. The third kappa shape index (κ3) is 3.54. The van der Waals surface area contributed by atoms with Gasteiger partial charge in [-0.25, -0.2) is 22.5 Å². The van der Waals surface area contributed by atoms with E-state index in [1.54, 1.807) is 0 Å². The summed E-state index contributed by atoms with van der Waals surface area (Å²) in [6, 6.07) is 6.47. The number of amides is 3. The minimum absolute atomic E-state index is 0.116. The molecule has 13 heteroatoms. The van der Waals surface area contributed by atoms with Crippen molar-refractivity contribution in [1.29, 1.82) is 0 Å². The Morgan fingerprint density at radius 3 is 2.17 bits per heavy atom. The Morgan fingerprint density at radius 2 is 1.62 bits per heavy atom. The van der Waals surface area contributed by atoms with Gasteiger partial charge >= 0.3 is 12.2 Å². The van der Waals surface area contributed by atoms with Gasteiger partial charge in [-0.2, -0.15) is 17.9 Å². The number of nitrogens with zero attached hydrogens (tertiary/aromatic N) is 1. The summed E-state index contributed by atoms with van der Waals surface area (Å²) < 4.78 is 81.6. The van der Waals surface area contributed by atoms with Gasteiger partial charge in [0.05, 0.1) is 10.6 Å². The monoisotopic (exact) mass is 451 g/mol. The lowest BCUT2D eigenvalue weighted by Crippen LogP contribution is -2.69. The van der Waals surface area contributed by atoms with Gasteiger partial charge in [-0.05, 0) is 36.4 Å². The Bertz CT molecular complexity index is 1090. The molecule has 1 saturated heterocycles. The molecule has 0 unspecified atom stereocenters. The Hall–Kier alpha value is -2.70. The summed E-state index contributed by atoms with van der Waals surface area (Å²) in [4.78, 5) is 24.0. The Morgan fingerprint density at radius 1 is 1.03 bits per heavy atom. The van der Waals surface area contributed by atoms with Gasteiger partial charge in [-0.15, -0.1) is 0 Å². The molecule has 2 N–H and O–H groups in total. The third-order valence-corrected chi connectivity index (χ3v) is 5.67. The van der Waals surface area contributed by atoms with Crippen LogP contribution in [0.15, 0.2) is 53.4 Å². The lowest BCUT2D eigenvalue weighted by molar-refractivity contribution is -0.194. The standard InChI is InChI=1S/C16H10ClF4N3O4S/c17-9-5-7-10(8-6-9)29(27,28)23-15(16(19,20)21)13(25)24(14(26)22-15)12-4-2-1-3-11(12)18/h1-8,23H,(H,22,26)/t15-/m0/s1. The fourth-order valence-corrected chi connectivity index (χ4v) is 3.97. The molecule has 3 amide bonds. The van der Waals surface area contributed by atoms with Crippen LogP contribution in [0.4, 0.5) is 28.0 Å². The van der Waals surface area contributed by atoms with Crippen molar-refractivity contribution >= 4 is 39.2 Å². The zero-order chi connectivity index (χ0) is 21.6. The van der Waals surface area contributed by atoms with E-state index in [9.17, 15) is 35.6 Å². The van der Waals surface area contributed by atoms with E-state index in [1.165, 1.54) is 22.2 Å². The lowest BCUT2D eigenvalue weighted by atomic mass is 10.1. The number of alkyl halides is 3. The normalized spacial score (nSPS) is 20.1. The molecule has 7 nitrogen and oxygen atoms in total. The van der Waals surface area contributed by atoms with Gasteiger partial charge < -0.3 is 5.32 Å². The first kappa shape index (κ1) is 21.0. The molecular weight excluding hydrogens is 442 g/mol. The molecule has 0 bridgehead atoms. The highest BCUT2D eigenvalue weighted by Gasteiger charge is 2.70. The van der Waals surface area contributed by atoms with Gasteiger partial charge in [-0.1, -0.05) is 23.7 Å². The van der Waals surface area contributed by atoms with Crippen LogP contribution in [0, 0.1) is 5.82 Å². The van der Waals surface area contributed by atoms with Crippen molar-refractivity contribution in [3.8, 4) is 0 Å². The number of carbonyl (C=O) groups excluding carboxylic acids is 2. The average molecular weight is 452 g/mol. The molecule has 29 heavy (non-hydrogen) atoms. The van der Waals surface area contributed by atoms with E-state index < -0.39 is 50.2 Å². The molecule has 0 spiro atoms. The number of benzene rings is 2. The first-order chi connectivity index (χ1) is 13.4. The van der Waals surface area contributed by atoms with Crippen molar-refractivity contribution in [2.45, 2.75) is 16.7 Å². The minimum atomic E-state index is -5.60. The molecule has 0 radical (unpaired) electrons. The maximum absolute atomic E-state index is 14.0. The van der Waals surface area contributed by atoms with Crippen LogP contribution >= 0.6 is 11.6 Å². The predicted octanol–water partition coefficient (Wildman–Crippen LogP) is 2.77. The summed E-state index contributed by atoms with van der Waals surface area (Å²) in [5, 5.41) is 1.42. The van der Waals surface area contributed by atoms with Crippen molar-refractivity contribution in [3.05, 3.63) is 59.4 Å². The van der Waals surface area contributed by atoms with E-state index in [0.717, 1.165) is 36.4 Å². The molecule has 0 aliphatic carbocycles. The van der Waals surface area contributed by atoms with Crippen molar-refractivity contribution < 1.29 is 35.6 Å². The Kier molecular flexibility index (Phi) is 5.05. The van der Waals surface area contributed by atoms with E-state index in [4.69, 9.17) is 11.6 Å². The quantitative estimate of drug-likeness (QED) is 0.552. The summed E-state index contributed by atoms with van der Waals surface area (Å²) in [6.45, 7) is 0. The van der Waals surface area contributed by atoms with E-state index >= 15 is 0 Å². The van der Waals surface area contributed by atoms with Crippen molar-refractivity contribution in [1.82, 2.24) is 10.0 Å². The minimum Gasteiger partial charge on any atom is -0.302 e. The smallest absolute Gasteiger partial charge is 0.302 e. The fourth-order valence-electron chi connectivity index (χ4n) is 2.57. The highest BCUT2D eigenvalue weighted by Crippen LogP contribution is 2.37. The average Bonchev–Trinajstić information content (AvgIpc) is 2.86. The topological polar surface area (TPSA) is 95.6 Å². The summed E-state index contributed by atoms with van der Waals surface area (Å²) in [5.41, 5.74) is -4.81. The number of hydrogen-bond acceptors (Lipinski definition) is 4. The number of halogens is 5. The van der Waals surface area contributed by atoms with Gasteiger partial charge in [0.25, 0.3) is 11.6 Å². The van der Waals surface area contributed by atoms with Crippen molar-refractivity contribution in [2.75, 3.05) is 4.90 Å². The molecule has 1 heterocycles. The number of sulfonamides is 1. The fraction of sp³-hybridized carbons (Fsp3) is 0.125. The first-order valence-electron chi connectivity index (χ1n) is 7.66. The number of nitrogens with one attached hydrogen (secondary N) is 2. The second-order valence-electron chi connectivity index (χ2n) is 5.83. The maximum Gasteiger partial charge on any atom is 0.435 e. The highest BCUT2D eigenvalue weighted by atomic mass is 35.5. The summed E-state index contributed by atoms with van der Waals surface area (Å²) in [6.07, 6.45) is -5.60. The van der Waals surface area contributed by atoms with Gasteiger partial charge in [-0.3, -0.25) is 4.79 Å². The Labute approximate surface area is 166 Å². The first-order valence-corrected chi connectivity index (χ1v) is 9.53. The van der Waals surface area contributed by atoms with E-state index in [2.05, 4.69) is 0 Å². The summed E-state index contributed by atoms with van der Waals surface area (Å²) in [5.74, 6) is -3.22. The van der Waals surface area contributed by atoms with Gasteiger partial charge in [0, 0.05) is 5.02 Å². The molecule has 154 valence electrons. The SMILES string of the molecule is O=C1N[C@@](NS(=O)(=O)c2ccc(Cl)cc2)(C(F)(F)F)C(=O)N1c1ccccc1F. The van der Waals surface area contributed by atoms with Crippen LogP contribution in [0.2, 0.25) is 5.02 Å². The van der Waals surface area contributed by atoms with Crippen LogP contribution in [0.25, 0.3) is 0 Å². The van der Waals surface area contributed by atoms with E-state index in [1.807, 2.05) is 0 Å². The van der Waals surface area contributed by atoms with Crippen LogP contribution < -0.4 is 14.9 Å². The second kappa shape index (κ2) is 6.97. The van der Waals surface area contributed by atoms with E-state index in [-0.39, 0.29) is 9.92 Å². The van der Waals surface area contributed by atoms with Crippen LogP contribution in [0.5, 0.6) is 0 Å². The number of carbonyl (C=O) groups is 2. The molecule has 2 aromatic rings. The number of rotatable bonds is 4. The predicted molar refractivity (Wildman–Crippen MR) is 93.0 cm³/mol. The van der Waals surface area contributed by atoms with Crippen LogP contribution in [-0.2, 0) is 14.8 Å². The van der Waals surface area contributed by atoms with Crippen LogP contribution in [0.3, 0.4) is 0 Å². The molecule has 1 atom stereocenters. The van der Waals surface area contributed by atoms with Crippen LogP contribution in [-0.4, -0.2) is 32.2 Å². The Balaban J connectivity index is 2.09. The number of imide groups is 1. The third-order valence-electron chi connectivity index (χ3n) is 3.95. The molecule has 1 fully saturated rings. The lowest BCUT2D eigenvalue weighted by Gasteiger charge is -2.29. The van der Waals surface area contributed by atoms with Gasteiger partial charge in [0.15, 0.2) is 0 Å². The molecule has 1 aliphatic rings. The molecule has 0 saturated carbocycles. The molecule has 2 aromatic carbocycles. The number of para-hydroxylation sites is 1. The number of urea groups is 1. The van der Waals surface area contributed by atoms with Gasteiger partial charge in [0.2, 0.25) is 10.0 Å². The molecule has 3 rings (SSSR count). The zero-order valence-corrected chi connectivity index (χ0v) is 15.6. The van der Waals surface area contributed by atoms with Crippen LogP contribution in [0.1, 0.15) is 0 Å². The van der Waals surface area contributed by atoms with Crippen molar-refractivity contribution in [2.24, 2.45) is 0 Å². The maximum atomic E-state index is 14.0. The molecule has 1 aliphatic heterocycles. The molecule has 0 aromatic heterocycles. The van der Waals surface area contributed by atoms with Gasteiger partial charge in [0.1, 0.15) is 5.82 Å².